The maximum Gasteiger partial charge on any atom is 0.494 e. The number of pyridine rings is 2. The van der Waals surface area contributed by atoms with Gasteiger partial charge in [-0.2, -0.15) is 10.2 Å². The predicted molar refractivity (Wildman–Crippen MR) is 257 cm³/mol. The average molecular weight is 929 g/mol. The molecule has 0 atom stereocenters. The first-order chi connectivity index (χ1) is 30.0. The molecule has 2 aromatic carbocycles. The molecule has 334 valence electrons. The van der Waals surface area contributed by atoms with Crippen molar-refractivity contribution in [2.75, 3.05) is 0 Å². The molecule has 12 nitrogen and oxygen atoms in total. The second-order valence-corrected chi connectivity index (χ2v) is 21.8. The molecule has 64 heavy (non-hydrogen) atoms. The van der Waals surface area contributed by atoms with Crippen LogP contribution in [0.4, 0.5) is 0 Å². The molecule has 3 saturated heterocycles. The number of rotatable bonds is 6. The Labute approximate surface area is 387 Å². The van der Waals surface area contributed by atoms with Crippen molar-refractivity contribution < 1.29 is 27.9 Å². The van der Waals surface area contributed by atoms with Crippen molar-refractivity contribution >= 4 is 64.3 Å². The summed E-state index contributed by atoms with van der Waals surface area (Å²) in [5.41, 5.74) is 3.30. The molecule has 5 fully saturated rings. The molecule has 11 rings (SSSR count). The van der Waals surface area contributed by atoms with Crippen LogP contribution in [0.1, 0.15) is 132 Å². The zero-order valence-electron chi connectivity index (χ0n) is 39.3. The van der Waals surface area contributed by atoms with E-state index in [0.717, 1.165) is 43.4 Å². The van der Waals surface area contributed by atoms with Gasteiger partial charge in [0.05, 0.1) is 57.0 Å². The van der Waals surface area contributed by atoms with E-state index in [0.29, 0.717) is 11.8 Å². The van der Waals surface area contributed by atoms with Gasteiger partial charge in [-0.3, -0.25) is 0 Å². The molecule has 2 saturated carbocycles. The van der Waals surface area contributed by atoms with Gasteiger partial charge >= 0.3 is 21.1 Å². The Hall–Kier alpha value is -3.89. The van der Waals surface area contributed by atoms with Gasteiger partial charge in [0, 0.05) is 38.5 Å². The van der Waals surface area contributed by atoms with E-state index < -0.39 is 14.0 Å². The first-order valence-corrected chi connectivity index (χ1v) is 23.4. The summed E-state index contributed by atoms with van der Waals surface area (Å²) in [5.74, 6) is 3.04. The van der Waals surface area contributed by atoms with Crippen LogP contribution < -0.4 is 5.46 Å². The maximum absolute atomic E-state index is 6.21. The molecule has 0 spiro atoms. The van der Waals surface area contributed by atoms with E-state index in [1.165, 1.54) is 37.1 Å². The molecular weight excluding hydrogens is 869 g/mol. The Morgan fingerprint density at radius 2 is 0.891 bits per heavy atom. The molecular formula is C48H60B3BrN6O6. The van der Waals surface area contributed by atoms with E-state index in [1.54, 1.807) is 0 Å². The highest BCUT2D eigenvalue weighted by Crippen LogP contribution is 2.44. The van der Waals surface area contributed by atoms with Gasteiger partial charge in [-0.1, -0.05) is 46.3 Å². The number of nitrogens with zero attached hydrogens (tertiary/aromatic N) is 6. The van der Waals surface area contributed by atoms with Crippen LogP contribution >= 0.6 is 15.9 Å². The Morgan fingerprint density at radius 3 is 1.31 bits per heavy atom. The molecule has 0 N–H and O–H groups in total. The van der Waals surface area contributed by atoms with E-state index in [4.69, 9.17) is 37.9 Å². The van der Waals surface area contributed by atoms with Gasteiger partial charge in [-0.15, -0.1) is 0 Å². The van der Waals surface area contributed by atoms with Crippen molar-refractivity contribution in [3.05, 3.63) is 101 Å². The van der Waals surface area contributed by atoms with Gasteiger partial charge in [-0.05, 0) is 157 Å². The second-order valence-electron chi connectivity index (χ2n) is 20.9. The average Bonchev–Trinajstić information content (AvgIpc) is 4.13. The van der Waals surface area contributed by atoms with E-state index in [1.807, 2.05) is 95.3 Å². The number of halogens is 1. The predicted octanol–water partition coefficient (Wildman–Crippen LogP) is 9.91. The minimum absolute atomic E-state index is 0.354. The van der Waals surface area contributed by atoms with Gasteiger partial charge in [0.1, 0.15) is 0 Å². The van der Waals surface area contributed by atoms with Crippen molar-refractivity contribution in [2.45, 2.75) is 154 Å². The van der Waals surface area contributed by atoms with Gasteiger partial charge in [0.25, 0.3) is 0 Å². The zero-order chi connectivity index (χ0) is 45.6. The van der Waals surface area contributed by atoms with Crippen LogP contribution in [0.5, 0.6) is 0 Å². The first kappa shape index (κ1) is 45.3. The third-order valence-corrected chi connectivity index (χ3v) is 14.8. The molecule has 3 aliphatic heterocycles. The lowest BCUT2D eigenvalue weighted by molar-refractivity contribution is 0.00578. The van der Waals surface area contributed by atoms with Crippen LogP contribution in [0.25, 0.3) is 33.4 Å². The Kier molecular flexibility index (Phi) is 11.4. The van der Waals surface area contributed by atoms with E-state index in [9.17, 15) is 0 Å². The zero-order valence-corrected chi connectivity index (χ0v) is 40.9. The standard InChI is InChI=1S/C21H24BN3O2.C15H12BrN3.C12H24B2O4/c1-20(2)21(3,4)27-22(26-20)16-11-10-15-13-23-25(18(15)12-16)19-7-5-6-17(24-19)14-8-9-14;16-12-7-6-11-9-17-19(14(11)8-12)15-3-1-2-13(18-15)10-4-5-10;1-9(2)10(3,4)16-13(15-9)14-17-11(5,6)12(7,8)18-14/h5-7,10-14H,8-9H2,1-4H3;1-3,6-10H,4-5H2;1-8H3. The van der Waals surface area contributed by atoms with Crippen molar-refractivity contribution in [1.82, 2.24) is 29.5 Å². The molecule has 0 bridgehead atoms. The largest absolute Gasteiger partial charge is 0.494 e. The minimum Gasteiger partial charge on any atom is -0.405 e. The SMILES string of the molecule is Brc1ccc2cnn(-c3cccc(C4CC4)n3)c2c1.CC1(C)OB(B2OC(C)(C)C(C)(C)O2)OC1(C)C.CC1(C)OB(c2ccc3cnn(-c4cccc(C5CC5)n4)c3c2)OC1(C)C. The topological polar surface area (TPSA) is 117 Å². The highest BCUT2D eigenvalue weighted by Gasteiger charge is 2.63. The lowest BCUT2D eigenvalue weighted by Gasteiger charge is -2.32. The van der Waals surface area contributed by atoms with Gasteiger partial charge < -0.3 is 27.9 Å². The second kappa shape index (κ2) is 16.2. The van der Waals surface area contributed by atoms with Gasteiger partial charge in [-0.25, -0.2) is 19.3 Å². The van der Waals surface area contributed by atoms with Crippen molar-refractivity contribution in [3.8, 4) is 11.6 Å². The molecule has 2 aliphatic carbocycles. The van der Waals surface area contributed by atoms with E-state index in [-0.39, 0.29) is 40.7 Å². The fourth-order valence-corrected chi connectivity index (χ4v) is 8.19. The summed E-state index contributed by atoms with van der Waals surface area (Å²) in [6.45, 7) is 24.5. The summed E-state index contributed by atoms with van der Waals surface area (Å²) >= 11 is 3.51. The lowest BCUT2D eigenvalue weighted by Crippen LogP contribution is -2.41. The van der Waals surface area contributed by atoms with Crippen molar-refractivity contribution in [1.29, 1.82) is 0 Å². The summed E-state index contributed by atoms with van der Waals surface area (Å²) in [6.07, 6.45) is 8.77. The third-order valence-electron chi connectivity index (χ3n) is 14.4. The summed E-state index contributed by atoms with van der Waals surface area (Å²) in [6, 6.07) is 24.8. The summed E-state index contributed by atoms with van der Waals surface area (Å²) in [4.78, 5) is 9.58. The van der Waals surface area contributed by atoms with Crippen LogP contribution in [-0.2, 0) is 27.9 Å². The van der Waals surface area contributed by atoms with E-state index >= 15 is 0 Å². The Balaban J connectivity index is 0.000000125. The molecule has 0 amide bonds. The molecule has 7 heterocycles. The third kappa shape index (κ3) is 8.76. The first-order valence-electron chi connectivity index (χ1n) is 22.7. The normalized spacial score (nSPS) is 22.4. The van der Waals surface area contributed by atoms with Gasteiger partial charge in [0.2, 0.25) is 0 Å². The minimum atomic E-state index is -0.476. The maximum atomic E-state index is 6.21. The smallest absolute Gasteiger partial charge is 0.405 e. The number of hydrogen-bond acceptors (Lipinski definition) is 10. The molecule has 16 heteroatoms. The van der Waals surface area contributed by atoms with E-state index in [2.05, 4.69) is 108 Å². The number of hydrogen-bond donors (Lipinski definition) is 0. The molecule has 0 unspecified atom stereocenters. The fraction of sp³-hybridized carbons (Fsp3) is 0.500. The highest BCUT2D eigenvalue weighted by molar-refractivity contribution is 9.10. The molecule has 0 radical (unpaired) electrons. The summed E-state index contributed by atoms with van der Waals surface area (Å²) in [7, 11) is -1.33. The quantitative estimate of drug-likeness (QED) is 0.150. The molecule has 5 aliphatic rings. The monoisotopic (exact) mass is 928 g/mol. The number of benzene rings is 2. The van der Waals surface area contributed by atoms with Crippen LogP contribution in [0.2, 0.25) is 0 Å². The van der Waals surface area contributed by atoms with Crippen LogP contribution in [0, 0.1) is 0 Å². The van der Waals surface area contributed by atoms with Crippen molar-refractivity contribution in [2.24, 2.45) is 0 Å². The number of aromatic nitrogens is 6. The highest BCUT2D eigenvalue weighted by atomic mass is 79.9. The van der Waals surface area contributed by atoms with Crippen LogP contribution in [0.3, 0.4) is 0 Å². The Bertz CT molecular complexity index is 2610. The summed E-state index contributed by atoms with van der Waals surface area (Å²) in [5, 5.41) is 11.2. The van der Waals surface area contributed by atoms with Crippen LogP contribution in [-0.4, -0.2) is 84.3 Å². The molecule has 6 aromatic rings. The fourth-order valence-electron chi connectivity index (χ4n) is 7.85. The Morgan fingerprint density at radius 1 is 0.500 bits per heavy atom. The van der Waals surface area contributed by atoms with Crippen molar-refractivity contribution in [3.63, 3.8) is 0 Å². The number of fused-ring (bicyclic) bond motifs is 2. The van der Waals surface area contributed by atoms with Crippen LogP contribution in [0.15, 0.2) is 89.7 Å². The van der Waals surface area contributed by atoms with Gasteiger partial charge in [0.15, 0.2) is 11.6 Å². The summed E-state index contributed by atoms with van der Waals surface area (Å²) < 4.78 is 41.2. The molecule has 4 aromatic heterocycles. The lowest BCUT2D eigenvalue weighted by atomic mass is 9.49.